The molecule has 0 saturated heterocycles. The minimum absolute atomic E-state index is 0.243. The van der Waals surface area contributed by atoms with Gasteiger partial charge in [-0.3, -0.25) is 10.3 Å². The predicted molar refractivity (Wildman–Crippen MR) is 113 cm³/mol. The Morgan fingerprint density at radius 3 is 2.31 bits per heavy atom. The smallest absolute Gasteiger partial charge is 0.444 e. The van der Waals surface area contributed by atoms with E-state index in [-0.39, 0.29) is 11.1 Å². The molecule has 0 aliphatic rings. The minimum Gasteiger partial charge on any atom is -0.444 e. The summed E-state index contributed by atoms with van der Waals surface area (Å²) in [6.45, 7) is 4.80. The molecule has 1 heterocycles. The summed E-state index contributed by atoms with van der Waals surface area (Å²) < 4.78 is 71.5. The van der Waals surface area contributed by atoms with E-state index < -0.39 is 33.1 Å². The number of alkyl halides is 3. The van der Waals surface area contributed by atoms with Crippen LogP contribution < -0.4 is 9.50 Å². The Hall–Kier alpha value is -3.34. The number of carbonyl (C=O) groups excluding carboxylic acids is 1. The van der Waals surface area contributed by atoms with Gasteiger partial charge in [-0.1, -0.05) is 24.3 Å². The summed E-state index contributed by atoms with van der Waals surface area (Å²) in [5.74, 6) is -0.705. The first-order chi connectivity index (χ1) is 14.8. The fraction of sp³-hybridized carbons (Fsp3) is 0.238. The number of pyridine rings is 1. The van der Waals surface area contributed by atoms with Crippen LogP contribution in [-0.2, 0) is 14.9 Å². The average Bonchev–Trinajstić information content (AvgIpc) is 2.67. The van der Waals surface area contributed by atoms with Gasteiger partial charge in [-0.05, 0) is 49.9 Å². The first kappa shape index (κ1) is 23.3. The average molecular weight is 468 g/mol. The van der Waals surface area contributed by atoms with Crippen molar-refractivity contribution in [3.63, 3.8) is 0 Å². The van der Waals surface area contributed by atoms with E-state index in [1.54, 1.807) is 63.5 Å². The molecular formula is C21H19F3N2O5S. The van der Waals surface area contributed by atoms with Gasteiger partial charge in [-0.25, -0.2) is 4.79 Å². The van der Waals surface area contributed by atoms with Crippen molar-refractivity contribution in [1.82, 2.24) is 4.98 Å². The summed E-state index contributed by atoms with van der Waals surface area (Å²) in [6, 6.07) is 10.9. The molecule has 0 radical (unpaired) electrons. The quantitative estimate of drug-likeness (QED) is 0.403. The molecule has 7 nitrogen and oxygen atoms in total. The number of nitrogens with one attached hydrogen (secondary N) is 1. The van der Waals surface area contributed by atoms with E-state index >= 15 is 0 Å². The van der Waals surface area contributed by atoms with E-state index in [1.165, 1.54) is 6.07 Å². The number of amides is 1. The number of hydrogen-bond acceptors (Lipinski definition) is 6. The molecule has 170 valence electrons. The minimum atomic E-state index is -5.98. The van der Waals surface area contributed by atoms with Gasteiger partial charge in [0.15, 0.2) is 5.75 Å². The zero-order chi connectivity index (χ0) is 23.7. The molecule has 0 saturated carbocycles. The van der Waals surface area contributed by atoms with Crippen LogP contribution in [0.15, 0.2) is 54.9 Å². The van der Waals surface area contributed by atoms with Crippen LogP contribution in [0.1, 0.15) is 20.8 Å². The zero-order valence-electron chi connectivity index (χ0n) is 17.2. The van der Waals surface area contributed by atoms with Gasteiger partial charge in [0.1, 0.15) is 5.60 Å². The lowest BCUT2D eigenvalue weighted by atomic mass is 10.0. The topological polar surface area (TPSA) is 94.6 Å². The van der Waals surface area contributed by atoms with Crippen molar-refractivity contribution in [2.45, 2.75) is 31.9 Å². The van der Waals surface area contributed by atoms with Crippen LogP contribution in [0, 0.1) is 0 Å². The fourth-order valence-corrected chi connectivity index (χ4v) is 3.25. The largest absolute Gasteiger partial charge is 0.534 e. The number of fused-ring (bicyclic) bond motifs is 1. The number of aromatic nitrogens is 1. The van der Waals surface area contributed by atoms with Crippen molar-refractivity contribution in [3.8, 4) is 16.9 Å². The summed E-state index contributed by atoms with van der Waals surface area (Å²) in [7, 11) is -5.98. The molecule has 0 aliphatic carbocycles. The van der Waals surface area contributed by atoms with Crippen LogP contribution in [0.2, 0.25) is 0 Å². The van der Waals surface area contributed by atoms with Crippen molar-refractivity contribution in [2.75, 3.05) is 5.32 Å². The number of ether oxygens (including phenoxy) is 1. The number of halogens is 3. The van der Waals surface area contributed by atoms with Crippen LogP contribution >= 0.6 is 0 Å². The van der Waals surface area contributed by atoms with Crippen LogP contribution in [0.25, 0.3) is 21.9 Å². The number of carbonyl (C=O) groups is 1. The summed E-state index contributed by atoms with van der Waals surface area (Å²) in [4.78, 5) is 16.4. The molecule has 0 unspecified atom stereocenters. The van der Waals surface area contributed by atoms with Gasteiger partial charge in [0.05, 0.1) is 5.69 Å². The highest BCUT2D eigenvalue weighted by Crippen LogP contribution is 2.38. The molecule has 11 heteroatoms. The molecule has 2 aromatic carbocycles. The van der Waals surface area contributed by atoms with Gasteiger partial charge in [0.25, 0.3) is 0 Å². The second-order valence-corrected chi connectivity index (χ2v) is 9.26. The summed E-state index contributed by atoms with van der Waals surface area (Å²) in [5, 5.41) is 3.09. The highest BCUT2D eigenvalue weighted by atomic mass is 32.2. The van der Waals surface area contributed by atoms with Crippen LogP contribution in [0.5, 0.6) is 5.75 Å². The Morgan fingerprint density at radius 2 is 1.72 bits per heavy atom. The first-order valence-electron chi connectivity index (χ1n) is 9.25. The monoisotopic (exact) mass is 468 g/mol. The van der Waals surface area contributed by atoms with Crippen molar-refractivity contribution >= 4 is 32.7 Å². The SMILES string of the molecule is CC(C)(C)OC(=O)Nc1c(OS(=O)(=O)C(F)(F)F)ccc2ccc(-c3cccnc3)cc12. The number of anilines is 1. The van der Waals surface area contributed by atoms with E-state index in [0.717, 1.165) is 6.07 Å². The molecular weight excluding hydrogens is 449 g/mol. The highest BCUT2D eigenvalue weighted by Gasteiger charge is 2.49. The lowest BCUT2D eigenvalue weighted by molar-refractivity contribution is -0.0499. The molecule has 3 rings (SSSR count). The highest BCUT2D eigenvalue weighted by molar-refractivity contribution is 7.88. The number of benzene rings is 2. The molecule has 1 amide bonds. The Kier molecular flexibility index (Phi) is 6.05. The Bertz CT molecular complexity index is 1250. The van der Waals surface area contributed by atoms with Gasteiger partial charge in [-0.2, -0.15) is 21.6 Å². The molecule has 0 aliphatic heterocycles. The second kappa shape index (κ2) is 8.30. The number of rotatable bonds is 4. The summed E-state index contributed by atoms with van der Waals surface area (Å²) in [6.07, 6.45) is 2.16. The van der Waals surface area contributed by atoms with E-state index in [1.807, 2.05) is 0 Å². The molecule has 0 fully saturated rings. The Balaban J connectivity index is 2.17. The predicted octanol–water partition coefficient (Wildman–Crippen LogP) is 5.48. The Labute approximate surface area is 182 Å². The van der Waals surface area contributed by atoms with Gasteiger partial charge < -0.3 is 8.92 Å². The molecule has 1 aromatic heterocycles. The number of hydrogen-bond donors (Lipinski definition) is 1. The third-order valence-corrected chi connectivity index (χ3v) is 5.05. The van der Waals surface area contributed by atoms with Crippen molar-refractivity contribution in [3.05, 3.63) is 54.9 Å². The molecule has 0 spiro atoms. The first-order valence-corrected chi connectivity index (χ1v) is 10.7. The van der Waals surface area contributed by atoms with Crippen LogP contribution in [0.4, 0.5) is 23.7 Å². The van der Waals surface area contributed by atoms with Crippen molar-refractivity contribution in [1.29, 1.82) is 0 Å². The zero-order valence-corrected chi connectivity index (χ0v) is 18.0. The van der Waals surface area contributed by atoms with Gasteiger partial charge in [-0.15, -0.1) is 0 Å². The maximum atomic E-state index is 12.9. The van der Waals surface area contributed by atoms with E-state index in [9.17, 15) is 26.4 Å². The standard InChI is InChI=1S/C21H19F3N2O5S/c1-20(2,3)30-19(27)26-18-16-11-14(15-5-4-10-25-12-15)7-6-13(16)8-9-17(18)31-32(28,29)21(22,23)24/h4-12H,1-3H3,(H,26,27). The molecule has 0 atom stereocenters. The summed E-state index contributed by atoms with van der Waals surface area (Å²) in [5.41, 5.74) is -5.51. The molecule has 0 bridgehead atoms. The van der Waals surface area contributed by atoms with E-state index in [2.05, 4.69) is 14.5 Å². The second-order valence-electron chi connectivity index (χ2n) is 7.73. The van der Waals surface area contributed by atoms with Gasteiger partial charge >= 0.3 is 21.7 Å². The third kappa shape index (κ3) is 5.28. The summed E-state index contributed by atoms with van der Waals surface area (Å²) >= 11 is 0. The molecule has 3 aromatic rings. The van der Waals surface area contributed by atoms with Crippen molar-refractivity contribution in [2.24, 2.45) is 0 Å². The van der Waals surface area contributed by atoms with Crippen molar-refractivity contribution < 1.29 is 35.3 Å². The van der Waals surface area contributed by atoms with Crippen LogP contribution in [0.3, 0.4) is 0 Å². The third-order valence-electron chi connectivity index (χ3n) is 4.09. The van der Waals surface area contributed by atoms with E-state index in [4.69, 9.17) is 4.74 Å². The lowest BCUT2D eigenvalue weighted by Crippen LogP contribution is -2.29. The van der Waals surface area contributed by atoms with Gasteiger partial charge in [0.2, 0.25) is 0 Å². The lowest BCUT2D eigenvalue weighted by Gasteiger charge is -2.21. The molecule has 32 heavy (non-hydrogen) atoms. The fourth-order valence-electron chi connectivity index (χ4n) is 2.78. The van der Waals surface area contributed by atoms with E-state index in [0.29, 0.717) is 16.5 Å². The normalized spacial score (nSPS) is 12.4. The van der Waals surface area contributed by atoms with Crippen LogP contribution in [-0.4, -0.2) is 30.6 Å². The number of nitrogens with zero attached hydrogens (tertiary/aromatic N) is 1. The van der Waals surface area contributed by atoms with Gasteiger partial charge in [0, 0.05) is 23.3 Å². The maximum Gasteiger partial charge on any atom is 0.534 e. The Morgan fingerprint density at radius 1 is 1.03 bits per heavy atom. The molecule has 1 N–H and O–H groups in total. The maximum absolute atomic E-state index is 12.9.